The van der Waals surface area contributed by atoms with Crippen molar-refractivity contribution < 1.29 is 4.79 Å². The molecule has 15 heavy (non-hydrogen) atoms. The van der Waals surface area contributed by atoms with Crippen LogP contribution in [0.25, 0.3) is 10.4 Å². The Morgan fingerprint density at radius 2 is 2.47 bits per heavy atom. The third-order valence-electron chi connectivity index (χ3n) is 2.12. The molecule has 0 amide bonds. The Balaban J connectivity index is 2.70. The SMILES string of the molecule is [C-]#[N+]/C(C#N)=C1/CC(=O)c2sc(Br)cc21. The fourth-order valence-corrected chi connectivity index (χ4v) is 3.06. The lowest BCUT2D eigenvalue weighted by atomic mass is 10.1. The summed E-state index contributed by atoms with van der Waals surface area (Å²) < 4.78 is 0.848. The van der Waals surface area contributed by atoms with E-state index in [0.29, 0.717) is 10.5 Å². The molecule has 0 fully saturated rings. The fourth-order valence-electron chi connectivity index (χ4n) is 1.50. The van der Waals surface area contributed by atoms with Gasteiger partial charge in [0.25, 0.3) is 5.70 Å². The second kappa shape index (κ2) is 3.62. The number of allylic oxidation sites excluding steroid dienone is 2. The first-order chi connectivity index (χ1) is 7.17. The molecule has 1 aromatic heterocycles. The summed E-state index contributed by atoms with van der Waals surface area (Å²) in [6.45, 7) is 6.86. The van der Waals surface area contributed by atoms with Crippen LogP contribution in [0.5, 0.6) is 0 Å². The van der Waals surface area contributed by atoms with Crippen LogP contribution < -0.4 is 0 Å². The van der Waals surface area contributed by atoms with E-state index >= 15 is 0 Å². The van der Waals surface area contributed by atoms with Gasteiger partial charge in [0.15, 0.2) is 5.78 Å². The number of hydrogen-bond acceptors (Lipinski definition) is 3. The average molecular weight is 279 g/mol. The number of fused-ring (bicyclic) bond motifs is 1. The number of carbonyl (C=O) groups is 1. The average Bonchev–Trinajstić information content (AvgIpc) is 2.70. The molecule has 0 unspecified atom stereocenters. The van der Waals surface area contributed by atoms with Crippen molar-refractivity contribution in [2.24, 2.45) is 0 Å². The molecule has 1 aliphatic rings. The molecular weight excluding hydrogens is 276 g/mol. The molecule has 0 radical (unpaired) electrons. The van der Waals surface area contributed by atoms with Crippen molar-refractivity contribution in [3.05, 3.63) is 37.4 Å². The summed E-state index contributed by atoms with van der Waals surface area (Å²) in [4.78, 5) is 15.4. The van der Waals surface area contributed by atoms with E-state index in [2.05, 4.69) is 20.8 Å². The minimum Gasteiger partial charge on any atom is -0.293 e. The Morgan fingerprint density at radius 1 is 1.73 bits per heavy atom. The lowest BCUT2D eigenvalue weighted by molar-refractivity contribution is 0.101. The Labute approximate surface area is 98.6 Å². The predicted octanol–water partition coefficient (Wildman–Crippen LogP) is 3.25. The van der Waals surface area contributed by atoms with Crippen molar-refractivity contribution in [1.29, 1.82) is 5.26 Å². The smallest absolute Gasteiger partial charge is 0.266 e. The molecule has 2 rings (SSSR count). The highest BCUT2D eigenvalue weighted by Gasteiger charge is 2.29. The Hall–Kier alpha value is -1.43. The summed E-state index contributed by atoms with van der Waals surface area (Å²) in [5.41, 5.74) is 1.33. The number of rotatable bonds is 0. The molecule has 0 atom stereocenters. The van der Waals surface area contributed by atoms with Crippen LogP contribution in [-0.4, -0.2) is 5.78 Å². The molecule has 72 valence electrons. The lowest BCUT2D eigenvalue weighted by Crippen LogP contribution is -1.86. The Morgan fingerprint density at radius 3 is 3.07 bits per heavy atom. The van der Waals surface area contributed by atoms with Gasteiger partial charge in [-0.15, -0.1) is 11.3 Å². The van der Waals surface area contributed by atoms with Crippen LogP contribution in [0.4, 0.5) is 0 Å². The van der Waals surface area contributed by atoms with Crippen molar-refractivity contribution in [3.63, 3.8) is 0 Å². The number of ketones is 1. The van der Waals surface area contributed by atoms with Gasteiger partial charge in [0.05, 0.1) is 21.3 Å². The number of Topliss-reactive ketones (excluding diaryl/α,β-unsaturated/α-hetero) is 1. The number of nitrogens with zero attached hydrogens (tertiary/aromatic N) is 2. The van der Waals surface area contributed by atoms with Crippen LogP contribution in [0.2, 0.25) is 0 Å². The van der Waals surface area contributed by atoms with E-state index in [1.54, 1.807) is 6.07 Å². The Bertz CT molecular complexity index is 555. The van der Waals surface area contributed by atoms with Crippen molar-refractivity contribution in [1.82, 2.24) is 0 Å². The monoisotopic (exact) mass is 278 g/mol. The molecule has 0 aliphatic heterocycles. The minimum absolute atomic E-state index is 0.00731. The first-order valence-corrected chi connectivity index (χ1v) is 5.62. The largest absolute Gasteiger partial charge is 0.293 e. The van der Waals surface area contributed by atoms with Crippen LogP contribution >= 0.6 is 27.3 Å². The fraction of sp³-hybridized carbons (Fsp3) is 0.100. The van der Waals surface area contributed by atoms with Gasteiger partial charge in [0, 0.05) is 6.42 Å². The first kappa shape index (κ1) is 10.1. The van der Waals surface area contributed by atoms with Crippen LogP contribution in [0.3, 0.4) is 0 Å². The molecular formula is C10H3BrN2OS. The predicted molar refractivity (Wildman–Crippen MR) is 60.1 cm³/mol. The topological polar surface area (TPSA) is 45.2 Å². The highest BCUT2D eigenvalue weighted by Crippen LogP contribution is 2.41. The van der Waals surface area contributed by atoms with Crippen LogP contribution in [-0.2, 0) is 0 Å². The zero-order valence-corrected chi connectivity index (χ0v) is 9.78. The number of nitriles is 1. The van der Waals surface area contributed by atoms with Gasteiger partial charge in [0.2, 0.25) is 0 Å². The van der Waals surface area contributed by atoms with Crippen molar-refractivity contribution >= 4 is 38.6 Å². The van der Waals surface area contributed by atoms with Crippen LogP contribution in [0.1, 0.15) is 21.7 Å². The van der Waals surface area contributed by atoms with Gasteiger partial charge in [-0.05, 0) is 33.1 Å². The van der Waals surface area contributed by atoms with Gasteiger partial charge in [0.1, 0.15) is 0 Å². The summed E-state index contributed by atoms with van der Waals surface area (Å²) in [5, 5.41) is 8.76. The van der Waals surface area contributed by atoms with Crippen molar-refractivity contribution in [2.45, 2.75) is 6.42 Å². The number of hydrogen-bond donors (Lipinski definition) is 0. The molecule has 1 aliphatic carbocycles. The molecule has 0 bridgehead atoms. The third kappa shape index (κ3) is 1.50. The van der Waals surface area contributed by atoms with Gasteiger partial charge in [-0.25, -0.2) is 10.1 Å². The normalized spacial score (nSPS) is 16.9. The van der Waals surface area contributed by atoms with Crippen LogP contribution in [0, 0.1) is 17.9 Å². The molecule has 0 aromatic carbocycles. The Kier molecular flexibility index (Phi) is 2.44. The maximum atomic E-state index is 11.6. The highest BCUT2D eigenvalue weighted by atomic mass is 79.9. The second-order valence-corrected chi connectivity index (χ2v) is 5.38. The number of carbonyl (C=O) groups excluding carboxylic acids is 1. The van der Waals surface area contributed by atoms with E-state index in [-0.39, 0.29) is 17.9 Å². The molecule has 0 saturated heterocycles. The standard InChI is InChI=1S/C10H3BrN2OS/c1-13-7(4-12)5-2-8(14)10-6(5)3-9(11)15-10/h3H,2H2/b7-5-. The third-order valence-corrected chi connectivity index (χ3v) is 3.80. The van der Waals surface area contributed by atoms with Gasteiger partial charge >= 0.3 is 0 Å². The van der Waals surface area contributed by atoms with E-state index in [1.807, 2.05) is 6.07 Å². The summed E-state index contributed by atoms with van der Waals surface area (Å²) in [6, 6.07) is 3.62. The lowest BCUT2D eigenvalue weighted by Gasteiger charge is -1.93. The molecule has 1 aromatic rings. The molecule has 0 N–H and O–H groups in total. The number of halogens is 1. The van der Waals surface area contributed by atoms with Crippen molar-refractivity contribution in [3.8, 4) is 6.07 Å². The van der Waals surface area contributed by atoms with E-state index in [0.717, 1.165) is 9.35 Å². The van der Waals surface area contributed by atoms with Gasteiger partial charge in [-0.1, -0.05) is 0 Å². The second-order valence-electron chi connectivity index (χ2n) is 2.94. The molecule has 5 heteroatoms. The van der Waals surface area contributed by atoms with Crippen LogP contribution in [0.15, 0.2) is 15.5 Å². The quantitative estimate of drug-likeness (QED) is 0.540. The highest BCUT2D eigenvalue weighted by molar-refractivity contribution is 9.11. The zero-order chi connectivity index (χ0) is 11.0. The van der Waals surface area contributed by atoms with E-state index in [9.17, 15) is 4.79 Å². The maximum absolute atomic E-state index is 11.6. The molecule has 1 heterocycles. The van der Waals surface area contributed by atoms with Crippen molar-refractivity contribution in [2.75, 3.05) is 0 Å². The summed E-state index contributed by atoms with van der Waals surface area (Å²) in [6.07, 6.45) is 0.180. The first-order valence-electron chi connectivity index (χ1n) is 4.01. The molecule has 3 nitrogen and oxygen atoms in total. The summed E-state index contributed by atoms with van der Waals surface area (Å²) >= 11 is 4.64. The minimum atomic E-state index is -0.00731. The molecule has 0 saturated carbocycles. The molecule has 0 spiro atoms. The maximum Gasteiger partial charge on any atom is 0.266 e. The number of thiophene rings is 1. The van der Waals surface area contributed by atoms with Gasteiger partial charge in [-0.2, -0.15) is 0 Å². The van der Waals surface area contributed by atoms with E-state index < -0.39 is 0 Å². The van der Waals surface area contributed by atoms with E-state index in [4.69, 9.17) is 11.8 Å². The summed E-state index contributed by atoms with van der Waals surface area (Å²) in [7, 11) is 0. The van der Waals surface area contributed by atoms with E-state index in [1.165, 1.54) is 11.3 Å². The summed E-state index contributed by atoms with van der Waals surface area (Å²) in [5.74, 6) is -0.00731. The van der Waals surface area contributed by atoms with Gasteiger partial charge in [-0.3, -0.25) is 4.79 Å². The van der Waals surface area contributed by atoms with Gasteiger partial charge < -0.3 is 0 Å². The zero-order valence-electron chi connectivity index (χ0n) is 7.37.